The summed E-state index contributed by atoms with van der Waals surface area (Å²) < 4.78 is 10.2. The van der Waals surface area contributed by atoms with E-state index in [1.165, 1.54) is 12.7 Å². The summed E-state index contributed by atoms with van der Waals surface area (Å²) in [6, 6.07) is 7.99. The van der Waals surface area contributed by atoms with Crippen LogP contribution in [0.1, 0.15) is 34.8 Å². The van der Waals surface area contributed by atoms with E-state index < -0.39 is 5.97 Å². The van der Waals surface area contributed by atoms with E-state index in [0.717, 1.165) is 31.9 Å². The first kappa shape index (κ1) is 16.7. The molecule has 0 aromatic carbocycles. The van der Waals surface area contributed by atoms with Crippen LogP contribution in [0.15, 0.2) is 41.1 Å². The van der Waals surface area contributed by atoms with Gasteiger partial charge in [0.25, 0.3) is 0 Å². The molecule has 0 unspecified atom stereocenters. The Morgan fingerprint density at radius 3 is 2.75 bits per heavy atom. The summed E-state index contributed by atoms with van der Waals surface area (Å²) in [6.07, 6.45) is 3.74. The van der Waals surface area contributed by atoms with Crippen LogP contribution < -0.4 is 0 Å². The molecule has 0 radical (unpaired) electrons. The number of rotatable bonds is 5. The summed E-state index contributed by atoms with van der Waals surface area (Å²) in [7, 11) is 1.35. The number of ether oxygens (including phenoxy) is 1. The molecule has 3 heterocycles. The van der Waals surface area contributed by atoms with Crippen molar-refractivity contribution in [2.24, 2.45) is 0 Å². The lowest BCUT2D eigenvalue weighted by molar-refractivity contribution is 0.0557. The van der Waals surface area contributed by atoms with Crippen LogP contribution in [0.5, 0.6) is 0 Å². The Hall–Kier alpha value is -2.18. The van der Waals surface area contributed by atoms with Crippen LogP contribution in [0, 0.1) is 0 Å². The Bertz CT molecular complexity index is 663. The Kier molecular flexibility index (Phi) is 5.27. The predicted molar refractivity (Wildman–Crippen MR) is 89.5 cm³/mol. The number of methoxy groups -OCH3 is 1. The number of hydrogen-bond acceptors (Lipinski definition) is 6. The number of nitrogens with zero attached hydrogens (tertiary/aromatic N) is 3. The third kappa shape index (κ3) is 3.83. The first-order valence-electron chi connectivity index (χ1n) is 8.20. The van der Waals surface area contributed by atoms with Gasteiger partial charge in [-0.25, -0.2) is 4.79 Å². The molecular formula is C18H23N3O3. The number of carbonyl (C=O) groups excluding carboxylic acids is 1. The molecule has 1 fully saturated rings. The van der Waals surface area contributed by atoms with Crippen LogP contribution in [-0.4, -0.2) is 54.0 Å². The second-order valence-electron chi connectivity index (χ2n) is 6.03. The average Bonchev–Trinajstić information content (AvgIpc) is 3.10. The number of hydrogen-bond donors (Lipinski definition) is 0. The van der Waals surface area contributed by atoms with E-state index in [1.807, 2.05) is 18.3 Å². The van der Waals surface area contributed by atoms with E-state index in [9.17, 15) is 4.79 Å². The van der Waals surface area contributed by atoms with Crippen LogP contribution in [-0.2, 0) is 11.3 Å². The molecule has 3 rings (SSSR count). The van der Waals surface area contributed by atoms with Gasteiger partial charge in [0, 0.05) is 44.6 Å². The molecule has 1 aliphatic rings. The maximum Gasteiger partial charge on any atom is 0.373 e. The van der Waals surface area contributed by atoms with Gasteiger partial charge in [0.15, 0.2) is 0 Å². The Morgan fingerprint density at radius 2 is 2.08 bits per heavy atom. The van der Waals surface area contributed by atoms with Gasteiger partial charge in [0.1, 0.15) is 5.76 Å². The van der Waals surface area contributed by atoms with E-state index in [-0.39, 0.29) is 5.76 Å². The Balaban J connectivity index is 1.52. The minimum absolute atomic E-state index is 0.260. The van der Waals surface area contributed by atoms with E-state index in [0.29, 0.717) is 12.6 Å². The van der Waals surface area contributed by atoms with Crippen molar-refractivity contribution in [2.75, 3.05) is 33.3 Å². The molecule has 6 nitrogen and oxygen atoms in total. The van der Waals surface area contributed by atoms with Crippen LogP contribution >= 0.6 is 0 Å². The number of esters is 1. The van der Waals surface area contributed by atoms with Crippen molar-refractivity contribution in [1.82, 2.24) is 14.8 Å². The number of carbonyl (C=O) groups is 1. The van der Waals surface area contributed by atoms with Crippen molar-refractivity contribution >= 4 is 5.97 Å². The normalized spacial score (nSPS) is 17.6. The molecule has 0 N–H and O–H groups in total. The Labute approximate surface area is 142 Å². The first-order valence-corrected chi connectivity index (χ1v) is 8.20. The zero-order valence-corrected chi connectivity index (χ0v) is 14.1. The number of aromatic nitrogens is 1. The van der Waals surface area contributed by atoms with E-state index in [4.69, 9.17) is 4.42 Å². The molecule has 128 valence electrons. The fourth-order valence-corrected chi connectivity index (χ4v) is 3.04. The topological polar surface area (TPSA) is 58.8 Å². The molecule has 2 aromatic heterocycles. The van der Waals surface area contributed by atoms with Gasteiger partial charge in [-0.1, -0.05) is 6.07 Å². The second-order valence-corrected chi connectivity index (χ2v) is 6.03. The third-order valence-corrected chi connectivity index (χ3v) is 4.55. The lowest BCUT2D eigenvalue weighted by Gasteiger charge is -2.37. The van der Waals surface area contributed by atoms with E-state index in [1.54, 1.807) is 12.3 Å². The first-order chi connectivity index (χ1) is 11.7. The van der Waals surface area contributed by atoms with Crippen molar-refractivity contribution in [3.63, 3.8) is 0 Å². The molecule has 1 aliphatic heterocycles. The van der Waals surface area contributed by atoms with Gasteiger partial charge in [-0.15, -0.1) is 0 Å². The summed E-state index contributed by atoms with van der Waals surface area (Å²) in [5, 5.41) is 0. The minimum atomic E-state index is -0.434. The zero-order chi connectivity index (χ0) is 16.9. The summed E-state index contributed by atoms with van der Waals surface area (Å²) in [6.45, 7) is 6.88. The monoisotopic (exact) mass is 329 g/mol. The van der Waals surface area contributed by atoms with Crippen LogP contribution in [0.25, 0.3) is 0 Å². The molecule has 0 bridgehead atoms. The summed E-state index contributed by atoms with van der Waals surface area (Å²) >= 11 is 0. The molecule has 2 aromatic rings. The second kappa shape index (κ2) is 7.59. The molecule has 0 amide bonds. The largest absolute Gasteiger partial charge is 0.463 e. The third-order valence-electron chi connectivity index (χ3n) is 4.55. The molecule has 6 heteroatoms. The van der Waals surface area contributed by atoms with Gasteiger partial charge in [0.05, 0.1) is 13.7 Å². The van der Waals surface area contributed by atoms with Crippen molar-refractivity contribution in [3.05, 3.63) is 53.7 Å². The predicted octanol–water partition coefficient (Wildman–Crippen LogP) is 2.34. The maximum atomic E-state index is 11.4. The average molecular weight is 329 g/mol. The van der Waals surface area contributed by atoms with Crippen molar-refractivity contribution in [3.8, 4) is 0 Å². The molecule has 1 saturated heterocycles. The highest BCUT2D eigenvalue weighted by Gasteiger charge is 2.23. The minimum Gasteiger partial charge on any atom is -0.463 e. The van der Waals surface area contributed by atoms with Crippen LogP contribution in [0.4, 0.5) is 0 Å². The standard InChI is InChI=1S/C18H23N3O3/c1-14(15-4-3-7-19-12-15)21-10-8-20(9-11-21)13-16-5-6-17(24-16)18(22)23-2/h3-7,12,14H,8-11,13H2,1-2H3/t14-/m0/s1. The maximum absolute atomic E-state index is 11.4. The smallest absolute Gasteiger partial charge is 0.373 e. The van der Waals surface area contributed by atoms with Crippen molar-refractivity contribution < 1.29 is 13.9 Å². The van der Waals surface area contributed by atoms with Crippen molar-refractivity contribution in [2.45, 2.75) is 19.5 Å². The fourth-order valence-electron chi connectivity index (χ4n) is 3.04. The zero-order valence-electron chi connectivity index (χ0n) is 14.1. The fraction of sp³-hybridized carbons (Fsp3) is 0.444. The number of piperazine rings is 1. The molecule has 0 spiro atoms. The van der Waals surface area contributed by atoms with Gasteiger partial charge in [-0.2, -0.15) is 0 Å². The quantitative estimate of drug-likeness (QED) is 0.785. The molecule has 24 heavy (non-hydrogen) atoms. The number of pyridine rings is 1. The molecule has 1 atom stereocenters. The molecule has 0 saturated carbocycles. The number of furan rings is 1. The van der Waals surface area contributed by atoms with Gasteiger partial charge >= 0.3 is 5.97 Å². The summed E-state index contributed by atoms with van der Waals surface area (Å²) in [5.74, 6) is 0.622. The van der Waals surface area contributed by atoms with E-state index in [2.05, 4.69) is 32.5 Å². The highest BCUT2D eigenvalue weighted by molar-refractivity contribution is 5.86. The summed E-state index contributed by atoms with van der Waals surface area (Å²) in [5.41, 5.74) is 1.25. The lowest BCUT2D eigenvalue weighted by atomic mass is 10.1. The molecule has 0 aliphatic carbocycles. The highest BCUT2D eigenvalue weighted by Crippen LogP contribution is 2.21. The van der Waals surface area contributed by atoms with Gasteiger partial charge < -0.3 is 9.15 Å². The molecular weight excluding hydrogens is 306 g/mol. The van der Waals surface area contributed by atoms with Crippen LogP contribution in [0.3, 0.4) is 0 Å². The van der Waals surface area contributed by atoms with E-state index >= 15 is 0 Å². The Morgan fingerprint density at radius 1 is 1.29 bits per heavy atom. The summed E-state index contributed by atoms with van der Waals surface area (Å²) in [4.78, 5) is 20.4. The van der Waals surface area contributed by atoms with Gasteiger partial charge in [-0.05, 0) is 30.7 Å². The van der Waals surface area contributed by atoms with Gasteiger partial charge in [0.2, 0.25) is 5.76 Å². The highest BCUT2D eigenvalue weighted by atomic mass is 16.5. The van der Waals surface area contributed by atoms with Crippen molar-refractivity contribution in [1.29, 1.82) is 0 Å². The lowest BCUT2D eigenvalue weighted by Crippen LogP contribution is -2.46. The SMILES string of the molecule is COC(=O)c1ccc(CN2CCN([C@@H](C)c3cccnc3)CC2)o1. The van der Waals surface area contributed by atoms with Crippen LogP contribution in [0.2, 0.25) is 0 Å². The van der Waals surface area contributed by atoms with Gasteiger partial charge in [-0.3, -0.25) is 14.8 Å².